The van der Waals surface area contributed by atoms with Gasteiger partial charge in [0.15, 0.2) is 11.6 Å². The smallest absolute Gasteiger partial charge is 0.159 e. The summed E-state index contributed by atoms with van der Waals surface area (Å²) in [4.78, 5) is 0. The molecule has 0 aromatic heterocycles. The van der Waals surface area contributed by atoms with E-state index < -0.39 is 23.3 Å². The first-order valence-electron chi connectivity index (χ1n) is 6.85. The lowest BCUT2D eigenvalue weighted by molar-refractivity contribution is -0.0442. The molecule has 1 saturated carbocycles. The maximum atomic E-state index is 13.3. The average Bonchev–Trinajstić information content (AvgIpc) is 2.67. The Morgan fingerprint density at radius 1 is 1.11 bits per heavy atom. The number of halogens is 2. The summed E-state index contributed by atoms with van der Waals surface area (Å²) in [6, 6.07) is 3.44. The van der Waals surface area contributed by atoms with Crippen LogP contribution in [0.25, 0.3) is 0 Å². The molecule has 106 valence electrons. The van der Waals surface area contributed by atoms with Crippen LogP contribution in [0.4, 0.5) is 8.78 Å². The van der Waals surface area contributed by atoms with Gasteiger partial charge < -0.3 is 10.5 Å². The number of rotatable bonds is 3. The van der Waals surface area contributed by atoms with Gasteiger partial charge in [0.05, 0.1) is 11.6 Å². The van der Waals surface area contributed by atoms with Crippen LogP contribution in [0.15, 0.2) is 18.2 Å². The Hall–Kier alpha value is -1.00. The van der Waals surface area contributed by atoms with Crippen LogP contribution in [0.3, 0.4) is 0 Å². The van der Waals surface area contributed by atoms with Gasteiger partial charge in [0.25, 0.3) is 0 Å². The van der Waals surface area contributed by atoms with Gasteiger partial charge in [0, 0.05) is 7.11 Å². The molecule has 1 unspecified atom stereocenters. The molecule has 2 nitrogen and oxygen atoms in total. The van der Waals surface area contributed by atoms with Crippen LogP contribution in [0.2, 0.25) is 0 Å². The van der Waals surface area contributed by atoms with Crippen molar-refractivity contribution in [2.75, 3.05) is 7.11 Å². The third kappa shape index (κ3) is 2.95. The monoisotopic (exact) mass is 269 g/mol. The highest BCUT2D eigenvalue weighted by atomic mass is 19.2. The molecule has 1 aromatic carbocycles. The molecule has 1 aliphatic rings. The Morgan fingerprint density at radius 3 is 2.26 bits per heavy atom. The molecule has 2 N–H and O–H groups in total. The summed E-state index contributed by atoms with van der Waals surface area (Å²) in [6.45, 7) is 0. The van der Waals surface area contributed by atoms with Crippen molar-refractivity contribution in [3.05, 3.63) is 35.4 Å². The highest BCUT2D eigenvalue weighted by molar-refractivity contribution is 5.24. The highest BCUT2D eigenvalue weighted by Gasteiger charge is 2.38. The normalized spacial score (nSPS) is 20.8. The third-order valence-corrected chi connectivity index (χ3v) is 4.23. The van der Waals surface area contributed by atoms with E-state index in [0.29, 0.717) is 5.56 Å². The fraction of sp³-hybridized carbons (Fsp3) is 0.600. The van der Waals surface area contributed by atoms with Gasteiger partial charge in [-0.05, 0) is 30.5 Å². The van der Waals surface area contributed by atoms with Gasteiger partial charge >= 0.3 is 0 Å². The lowest BCUT2D eigenvalue weighted by Gasteiger charge is -2.37. The van der Waals surface area contributed by atoms with Crippen LogP contribution in [-0.4, -0.2) is 12.7 Å². The largest absolute Gasteiger partial charge is 0.376 e. The van der Waals surface area contributed by atoms with Gasteiger partial charge in [0.2, 0.25) is 0 Å². The molecule has 0 bridgehead atoms. The second kappa shape index (κ2) is 5.97. The van der Waals surface area contributed by atoms with Crippen LogP contribution in [0.5, 0.6) is 0 Å². The first kappa shape index (κ1) is 14.4. The molecule has 0 saturated heterocycles. The fourth-order valence-electron chi connectivity index (χ4n) is 2.98. The van der Waals surface area contributed by atoms with E-state index in [2.05, 4.69) is 0 Å². The molecule has 4 heteroatoms. The predicted molar refractivity (Wildman–Crippen MR) is 70.7 cm³/mol. The van der Waals surface area contributed by atoms with Gasteiger partial charge in [-0.15, -0.1) is 0 Å². The lowest BCUT2D eigenvalue weighted by Crippen LogP contribution is -2.42. The highest BCUT2D eigenvalue weighted by Crippen LogP contribution is 2.39. The summed E-state index contributed by atoms with van der Waals surface area (Å²) in [7, 11) is 1.66. The zero-order valence-corrected chi connectivity index (χ0v) is 11.3. The molecule has 1 aliphatic carbocycles. The topological polar surface area (TPSA) is 35.2 Å². The number of methoxy groups -OCH3 is 1. The first-order valence-corrected chi connectivity index (χ1v) is 6.85. The SMILES string of the molecule is COC1(C(N)c2ccc(F)c(F)c2)CCCCCC1. The average molecular weight is 269 g/mol. The van der Waals surface area contributed by atoms with E-state index in [1.165, 1.54) is 18.9 Å². The summed E-state index contributed by atoms with van der Waals surface area (Å²) in [5.41, 5.74) is 6.43. The molecule has 0 aliphatic heterocycles. The molecule has 2 rings (SSSR count). The van der Waals surface area contributed by atoms with Crippen LogP contribution in [-0.2, 0) is 4.74 Å². The predicted octanol–water partition coefficient (Wildman–Crippen LogP) is 3.70. The zero-order valence-electron chi connectivity index (χ0n) is 11.3. The quantitative estimate of drug-likeness (QED) is 0.849. The van der Waals surface area contributed by atoms with Crippen molar-refractivity contribution in [3.8, 4) is 0 Å². The second-order valence-electron chi connectivity index (χ2n) is 5.33. The molecule has 19 heavy (non-hydrogen) atoms. The summed E-state index contributed by atoms with van der Waals surface area (Å²) >= 11 is 0. The minimum Gasteiger partial charge on any atom is -0.376 e. The molecule has 1 fully saturated rings. The van der Waals surface area contributed by atoms with Crippen molar-refractivity contribution in [1.29, 1.82) is 0 Å². The Labute approximate surface area is 112 Å². The molecular formula is C15H21F2NO. The van der Waals surface area contributed by atoms with Crippen molar-refractivity contribution in [1.82, 2.24) is 0 Å². The molecule has 0 amide bonds. The molecule has 0 spiro atoms. The maximum absolute atomic E-state index is 13.3. The summed E-state index contributed by atoms with van der Waals surface area (Å²) in [5.74, 6) is -1.70. The fourth-order valence-corrected chi connectivity index (χ4v) is 2.98. The van der Waals surface area contributed by atoms with Gasteiger partial charge in [-0.25, -0.2) is 8.78 Å². The number of ether oxygens (including phenoxy) is 1. The maximum Gasteiger partial charge on any atom is 0.159 e. The number of benzene rings is 1. The van der Waals surface area contributed by atoms with Crippen molar-refractivity contribution in [2.24, 2.45) is 5.73 Å². The van der Waals surface area contributed by atoms with Crippen molar-refractivity contribution in [2.45, 2.75) is 50.2 Å². The molecular weight excluding hydrogens is 248 g/mol. The van der Waals surface area contributed by atoms with E-state index in [1.54, 1.807) is 13.2 Å². The Bertz CT molecular complexity index is 428. The van der Waals surface area contributed by atoms with Crippen molar-refractivity contribution >= 4 is 0 Å². The van der Waals surface area contributed by atoms with Crippen LogP contribution < -0.4 is 5.73 Å². The minimum absolute atomic E-state index is 0.425. The minimum atomic E-state index is -0.854. The molecule has 1 aromatic rings. The van der Waals surface area contributed by atoms with Gasteiger partial charge in [0.1, 0.15) is 0 Å². The Balaban J connectivity index is 2.28. The van der Waals surface area contributed by atoms with E-state index in [1.807, 2.05) is 0 Å². The second-order valence-corrected chi connectivity index (χ2v) is 5.33. The number of nitrogens with two attached hydrogens (primary N) is 1. The van der Waals surface area contributed by atoms with E-state index >= 15 is 0 Å². The van der Waals surface area contributed by atoms with Gasteiger partial charge in [-0.3, -0.25) is 0 Å². The Morgan fingerprint density at radius 2 is 1.74 bits per heavy atom. The van der Waals surface area contributed by atoms with Crippen LogP contribution in [0, 0.1) is 11.6 Å². The standard InChI is InChI=1S/C15H21F2NO/c1-19-15(8-4-2-3-5-9-15)14(18)11-6-7-12(16)13(17)10-11/h6-7,10,14H,2-5,8-9,18H2,1H3. The van der Waals surface area contributed by atoms with Crippen LogP contribution >= 0.6 is 0 Å². The zero-order chi connectivity index (χ0) is 13.9. The number of hydrogen-bond acceptors (Lipinski definition) is 2. The Kier molecular flexibility index (Phi) is 4.53. The van der Waals surface area contributed by atoms with Gasteiger partial charge in [-0.2, -0.15) is 0 Å². The summed E-state index contributed by atoms with van der Waals surface area (Å²) < 4.78 is 32.0. The summed E-state index contributed by atoms with van der Waals surface area (Å²) in [5, 5.41) is 0. The van der Waals surface area contributed by atoms with Crippen molar-refractivity contribution in [3.63, 3.8) is 0 Å². The van der Waals surface area contributed by atoms with Crippen molar-refractivity contribution < 1.29 is 13.5 Å². The van der Waals surface area contributed by atoms with Crippen LogP contribution in [0.1, 0.15) is 50.1 Å². The molecule has 0 heterocycles. The summed E-state index contributed by atoms with van der Waals surface area (Å²) in [6.07, 6.45) is 6.20. The molecule has 0 radical (unpaired) electrons. The van der Waals surface area contributed by atoms with E-state index in [0.717, 1.165) is 31.7 Å². The van der Waals surface area contributed by atoms with E-state index in [9.17, 15) is 8.78 Å². The van der Waals surface area contributed by atoms with Gasteiger partial charge in [-0.1, -0.05) is 31.7 Å². The first-order chi connectivity index (χ1) is 9.09. The molecule has 1 atom stereocenters. The third-order valence-electron chi connectivity index (χ3n) is 4.23. The van der Waals surface area contributed by atoms with E-state index in [4.69, 9.17) is 10.5 Å². The number of hydrogen-bond donors (Lipinski definition) is 1. The lowest BCUT2D eigenvalue weighted by atomic mass is 9.82. The van der Waals surface area contributed by atoms with E-state index in [-0.39, 0.29) is 0 Å².